The summed E-state index contributed by atoms with van der Waals surface area (Å²) in [5.74, 6) is -3.95. The van der Waals surface area contributed by atoms with Crippen LogP contribution in [0, 0.1) is 40.5 Å². The zero-order valence-corrected chi connectivity index (χ0v) is 8.03. The molecule has 0 heterocycles. The highest BCUT2D eigenvalue weighted by molar-refractivity contribution is 5.63. The van der Waals surface area contributed by atoms with E-state index in [4.69, 9.17) is 0 Å². The highest BCUT2D eigenvalue weighted by Crippen LogP contribution is 2.09. The van der Waals surface area contributed by atoms with E-state index in [1.807, 2.05) is 0 Å². The van der Waals surface area contributed by atoms with E-state index < -0.39 is 25.6 Å². The van der Waals surface area contributed by atoms with Crippen molar-refractivity contribution in [3.05, 3.63) is 40.5 Å². The summed E-state index contributed by atoms with van der Waals surface area (Å²) in [6.07, 6.45) is -0.338. The predicted octanol–water partition coefficient (Wildman–Crippen LogP) is -1.42. The zero-order valence-electron chi connectivity index (χ0n) is 8.03. The minimum atomic E-state index is -3.95. The normalized spacial score (nSPS) is 11.1. The summed E-state index contributed by atoms with van der Waals surface area (Å²) in [6.45, 7) is 0. The third kappa shape index (κ3) is 2.55. The second-order valence-electron chi connectivity index (χ2n) is 2.43. The van der Waals surface area contributed by atoms with E-state index in [1.54, 1.807) is 0 Å². The highest BCUT2D eigenvalue weighted by atomic mass is 16.7. The number of nitrogens with zero attached hydrogens (tertiary/aromatic N) is 6. The molecule has 0 spiro atoms. The summed E-state index contributed by atoms with van der Waals surface area (Å²) in [7, 11) is 0.682. The lowest BCUT2D eigenvalue weighted by Crippen LogP contribution is -2.55. The van der Waals surface area contributed by atoms with Crippen LogP contribution in [0.1, 0.15) is 0 Å². The topological polar surface area (TPSA) is 188 Å². The monoisotopic (exact) mass is 252 g/mol. The standard InChI is InChI=1S/C3H4N6O8/c1-5(9(16)17)4-2-3(6(10)11,7(12)13)8(14)15/h2H,1H3. The number of hydrazine groups is 1. The molecule has 0 aromatic carbocycles. The first kappa shape index (κ1) is 14.1. The number of hydrazone groups is 1. The van der Waals surface area contributed by atoms with Crippen molar-refractivity contribution in [2.45, 2.75) is 5.79 Å². The van der Waals surface area contributed by atoms with Crippen molar-refractivity contribution in [2.24, 2.45) is 5.10 Å². The Balaban J connectivity index is 5.50. The lowest BCUT2D eigenvalue weighted by molar-refractivity contribution is -0.943. The van der Waals surface area contributed by atoms with Crippen LogP contribution in [0.2, 0.25) is 0 Å². The Morgan fingerprint density at radius 2 is 1.35 bits per heavy atom. The van der Waals surface area contributed by atoms with Crippen molar-refractivity contribution in [1.29, 1.82) is 0 Å². The molecule has 0 rings (SSSR count). The Morgan fingerprint density at radius 3 is 1.59 bits per heavy atom. The van der Waals surface area contributed by atoms with Crippen molar-refractivity contribution >= 4 is 6.21 Å². The van der Waals surface area contributed by atoms with Crippen LogP contribution in [-0.2, 0) is 0 Å². The average Bonchev–Trinajstić information content (AvgIpc) is 2.16. The van der Waals surface area contributed by atoms with Gasteiger partial charge in [-0.1, -0.05) is 0 Å². The van der Waals surface area contributed by atoms with Gasteiger partial charge >= 0.3 is 12.0 Å². The molecular formula is C3H4N6O8. The first-order chi connectivity index (χ1) is 7.66. The number of hydrogen-bond acceptors (Lipinski definition) is 9. The zero-order chi connectivity index (χ0) is 13.8. The molecule has 14 nitrogen and oxygen atoms in total. The third-order valence-corrected chi connectivity index (χ3v) is 1.44. The van der Waals surface area contributed by atoms with Crippen LogP contribution in [0.25, 0.3) is 0 Å². The molecule has 0 aromatic heterocycles. The number of hydrogen-bond donors (Lipinski definition) is 0. The van der Waals surface area contributed by atoms with Crippen LogP contribution >= 0.6 is 0 Å². The van der Waals surface area contributed by atoms with Gasteiger partial charge in [-0.15, -0.1) is 0 Å². The molecule has 0 amide bonds. The van der Waals surface area contributed by atoms with Crippen LogP contribution in [0.5, 0.6) is 0 Å². The second kappa shape index (κ2) is 4.73. The van der Waals surface area contributed by atoms with Gasteiger partial charge in [0.25, 0.3) is 0 Å². The molecule has 0 aliphatic carbocycles. The summed E-state index contributed by atoms with van der Waals surface area (Å²) < 4.78 is 0. The SMILES string of the molecule is CN(N=CC([N+](=O)[O-])([N+](=O)[O-])[N+](=O)[O-])[N+](=O)[O-]. The number of rotatable bonds is 6. The van der Waals surface area contributed by atoms with E-state index in [0.717, 1.165) is 0 Å². The first-order valence-corrected chi connectivity index (χ1v) is 3.53. The highest BCUT2D eigenvalue weighted by Gasteiger charge is 2.72. The molecule has 0 aromatic rings. The minimum absolute atomic E-state index is 0.148. The molecule has 0 bridgehead atoms. The molecular weight excluding hydrogens is 248 g/mol. The lowest BCUT2D eigenvalue weighted by Gasteiger charge is -2.03. The molecule has 0 radical (unpaired) electrons. The van der Waals surface area contributed by atoms with Gasteiger partial charge in [-0.25, -0.2) is 0 Å². The minimum Gasteiger partial charge on any atom is -0.339 e. The van der Waals surface area contributed by atoms with Gasteiger partial charge in [-0.3, -0.25) is 30.3 Å². The average molecular weight is 252 g/mol. The van der Waals surface area contributed by atoms with Crippen LogP contribution in [0.15, 0.2) is 5.10 Å². The Labute approximate surface area is 90.7 Å². The van der Waals surface area contributed by atoms with E-state index in [0.29, 0.717) is 7.05 Å². The number of nitro groups is 4. The molecule has 0 aliphatic rings. The van der Waals surface area contributed by atoms with E-state index >= 15 is 0 Å². The van der Waals surface area contributed by atoms with Crippen molar-refractivity contribution in [3.8, 4) is 0 Å². The van der Waals surface area contributed by atoms with Gasteiger partial charge in [-0.05, 0) is 5.12 Å². The molecule has 0 saturated heterocycles. The molecule has 0 aliphatic heterocycles. The van der Waals surface area contributed by atoms with Gasteiger partial charge in [0.2, 0.25) is 0 Å². The Hall–Kier alpha value is -2.93. The molecule has 0 N–H and O–H groups in total. The Kier molecular flexibility index (Phi) is 3.91. The van der Waals surface area contributed by atoms with E-state index in [-0.39, 0.29) is 11.3 Å². The summed E-state index contributed by atoms with van der Waals surface area (Å²) in [6, 6.07) is 0. The fourth-order valence-corrected chi connectivity index (χ4v) is 0.545. The maximum Gasteiger partial charge on any atom is 0.764 e. The summed E-state index contributed by atoms with van der Waals surface area (Å²) in [5, 5.41) is 42.3. The summed E-state index contributed by atoms with van der Waals surface area (Å²) in [4.78, 5) is 35.5. The van der Waals surface area contributed by atoms with Gasteiger partial charge in [0.1, 0.15) is 0 Å². The van der Waals surface area contributed by atoms with Gasteiger partial charge in [0.15, 0.2) is 14.8 Å². The lowest BCUT2D eigenvalue weighted by atomic mass is 10.4. The quantitative estimate of drug-likeness (QED) is 0.236. The third-order valence-electron chi connectivity index (χ3n) is 1.44. The Bertz CT molecular complexity index is 366. The van der Waals surface area contributed by atoms with E-state index in [1.165, 1.54) is 0 Å². The van der Waals surface area contributed by atoms with Crippen molar-refractivity contribution in [3.63, 3.8) is 0 Å². The van der Waals surface area contributed by atoms with Crippen LogP contribution in [0.3, 0.4) is 0 Å². The van der Waals surface area contributed by atoms with Crippen molar-refractivity contribution in [1.82, 2.24) is 5.12 Å². The maximum atomic E-state index is 10.3. The molecule has 0 saturated carbocycles. The van der Waals surface area contributed by atoms with Gasteiger partial charge in [0.05, 0.1) is 17.2 Å². The summed E-state index contributed by atoms with van der Waals surface area (Å²) in [5.41, 5.74) is 0. The first-order valence-electron chi connectivity index (χ1n) is 3.53. The van der Waals surface area contributed by atoms with E-state index in [2.05, 4.69) is 5.10 Å². The summed E-state index contributed by atoms with van der Waals surface area (Å²) >= 11 is 0. The smallest absolute Gasteiger partial charge is 0.339 e. The van der Waals surface area contributed by atoms with Crippen molar-refractivity contribution in [2.75, 3.05) is 7.05 Å². The fourth-order valence-electron chi connectivity index (χ4n) is 0.545. The van der Waals surface area contributed by atoms with Gasteiger partial charge in [0, 0.05) is 0 Å². The van der Waals surface area contributed by atoms with Gasteiger partial charge in [-0.2, -0.15) is 0 Å². The molecule has 0 fully saturated rings. The largest absolute Gasteiger partial charge is 0.764 e. The van der Waals surface area contributed by atoms with E-state index in [9.17, 15) is 40.5 Å². The Morgan fingerprint density at radius 1 is 1.00 bits per heavy atom. The maximum absolute atomic E-state index is 10.3. The van der Waals surface area contributed by atoms with Crippen LogP contribution < -0.4 is 0 Å². The molecule has 0 atom stereocenters. The van der Waals surface area contributed by atoms with Crippen molar-refractivity contribution < 1.29 is 19.8 Å². The molecule has 14 heteroatoms. The second-order valence-corrected chi connectivity index (χ2v) is 2.43. The van der Waals surface area contributed by atoms with Crippen LogP contribution in [-0.4, -0.2) is 44.0 Å². The van der Waals surface area contributed by atoms with Crippen LogP contribution in [0.4, 0.5) is 0 Å². The molecule has 94 valence electrons. The van der Waals surface area contributed by atoms with Gasteiger partial charge < -0.3 is 10.1 Å². The predicted molar refractivity (Wildman–Crippen MR) is 47.0 cm³/mol. The molecule has 17 heavy (non-hydrogen) atoms. The fraction of sp³-hybridized carbons (Fsp3) is 0.667. The molecule has 0 unspecified atom stereocenters.